The minimum absolute atomic E-state index is 0.0451. The number of rotatable bonds is 4. The van der Waals surface area contributed by atoms with Crippen LogP contribution in [-0.4, -0.2) is 57.8 Å². The number of para-hydroxylation sites is 1. The third-order valence-electron chi connectivity index (χ3n) is 7.80. The molecule has 3 aliphatic heterocycles. The van der Waals surface area contributed by atoms with E-state index in [1.54, 1.807) is 6.33 Å². The van der Waals surface area contributed by atoms with Crippen LogP contribution in [0.5, 0.6) is 5.75 Å². The van der Waals surface area contributed by atoms with E-state index in [0.717, 1.165) is 48.7 Å². The molecule has 2 aromatic heterocycles. The van der Waals surface area contributed by atoms with E-state index >= 15 is 0 Å². The number of benzene rings is 1. The van der Waals surface area contributed by atoms with E-state index in [1.807, 2.05) is 6.07 Å². The lowest BCUT2D eigenvalue weighted by molar-refractivity contribution is 0.00442. The number of H-pyrrole nitrogens is 1. The summed E-state index contributed by atoms with van der Waals surface area (Å²) in [5, 5.41) is 4.90. The van der Waals surface area contributed by atoms with E-state index < -0.39 is 0 Å². The Balaban J connectivity index is 1.24. The standard InChI is InChI=1S/C25H29N5O2/c1-2-5-21-17(4-1)22(20(13-31-21)30-10-9-25(14-30)8-3-11-32-25)29-24-18-12-19(16-6-7-16)28-23(18)26-15-27-24/h1-2,4-5,12,15-16,20,22H,3,6-11,13-14H2,(H2,26,27,28,29)/t20-,22-,25-/m0/s1. The molecule has 7 heteroatoms. The van der Waals surface area contributed by atoms with Crippen LogP contribution in [0.3, 0.4) is 0 Å². The van der Waals surface area contributed by atoms with Crippen molar-refractivity contribution in [1.82, 2.24) is 19.9 Å². The van der Waals surface area contributed by atoms with Gasteiger partial charge in [-0.15, -0.1) is 0 Å². The zero-order chi connectivity index (χ0) is 21.1. The zero-order valence-corrected chi connectivity index (χ0v) is 18.2. The number of aromatic amines is 1. The Hall–Kier alpha value is -2.64. The van der Waals surface area contributed by atoms with Crippen LogP contribution in [0.2, 0.25) is 0 Å². The van der Waals surface area contributed by atoms with Gasteiger partial charge >= 0.3 is 0 Å². The first kappa shape index (κ1) is 18.9. The maximum Gasteiger partial charge on any atom is 0.143 e. The number of nitrogens with zero attached hydrogens (tertiary/aromatic N) is 3. The molecule has 7 rings (SSSR count). The molecular formula is C25H29N5O2. The van der Waals surface area contributed by atoms with Crippen LogP contribution in [0, 0.1) is 0 Å². The quantitative estimate of drug-likeness (QED) is 0.650. The molecule has 4 aliphatic rings. The summed E-state index contributed by atoms with van der Waals surface area (Å²) in [5.74, 6) is 2.52. The molecule has 2 N–H and O–H groups in total. The Morgan fingerprint density at radius 2 is 2.09 bits per heavy atom. The van der Waals surface area contributed by atoms with Crippen LogP contribution in [0.1, 0.15) is 55.3 Å². The highest BCUT2D eigenvalue weighted by Gasteiger charge is 2.46. The van der Waals surface area contributed by atoms with Crippen molar-refractivity contribution in [2.24, 2.45) is 0 Å². The first-order chi connectivity index (χ1) is 15.8. The number of ether oxygens (including phenoxy) is 2. The minimum atomic E-state index is 0.0451. The molecule has 1 saturated carbocycles. The fourth-order valence-corrected chi connectivity index (χ4v) is 5.91. The Morgan fingerprint density at radius 3 is 2.97 bits per heavy atom. The van der Waals surface area contributed by atoms with Crippen molar-refractivity contribution in [3.05, 3.63) is 47.9 Å². The van der Waals surface area contributed by atoms with Gasteiger partial charge in [0.15, 0.2) is 0 Å². The number of aromatic nitrogens is 3. The first-order valence-corrected chi connectivity index (χ1v) is 12.0. The van der Waals surface area contributed by atoms with E-state index in [2.05, 4.69) is 49.4 Å². The van der Waals surface area contributed by atoms with Gasteiger partial charge in [-0.1, -0.05) is 18.2 Å². The molecule has 3 atom stereocenters. The van der Waals surface area contributed by atoms with Gasteiger partial charge in [0.25, 0.3) is 0 Å². The summed E-state index contributed by atoms with van der Waals surface area (Å²) in [4.78, 5) is 15.3. The van der Waals surface area contributed by atoms with E-state index in [9.17, 15) is 0 Å². The van der Waals surface area contributed by atoms with Crippen LogP contribution in [0.15, 0.2) is 36.7 Å². The van der Waals surface area contributed by atoms with Gasteiger partial charge in [0.05, 0.1) is 23.1 Å². The topological polar surface area (TPSA) is 75.3 Å². The fourth-order valence-electron chi connectivity index (χ4n) is 5.91. The molecule has 3 fully saturated rings. The second-order valence-electron chi connectivity index (χ2n) is 9.88. The average Bonchev–Trinajstić information content (AvgIpc) is 3.22. The molecule has 2 saturated heterocycles. The van der Waals surface area contributed by atoms with E-state index in [4.69, 9.17) is 9.47 Å². The average molecular weight is 432 g/mol. The van der Waals surface area contributed by atoms with Gasteiger partial charge in [0.1, 0.15) is 30.1 Å². The van der Waals surface area contributed by atoms with Gasteiger partial charge < -0.3 is 19.8 Å². The smallest absolute Gasteiger partial charge is 0.143 e. The van der Waals surface area contributed by atoms with Gasteiger partial charge in [-0.3, -0.25) is 4.90 Å². The predicted octanol–water partition coefficient (Wildman–Crippen LogP) is 4.00. The summed E-state index contributed by atoms with van der Waals surface area (Å²) < 4.78 is 12.4. The summed E-state index contributed by atoms with van der Waals surface area (Å²) in [6.45, 7) is 3.59. The third kappa shape index (κ3) is 3.10. The number of nitrogens with one attached hydrogen (secondary N) is 2. The number of hydrogen-bond donors (Lipinski definition) is 2. The molecule has 0 bridgehead atoms. The zero-order valence-electron chi connectivity index (χ0n) is 18.2. The predicted molar refractivity (Wildman–Crippen MR) is 122 cm³/mol. The lowest BCUT2D eigenvalue weighted by Crippen LogP contribution is -2.48. The molecular weight excluding hydrogens is 402 g/mol. The van der Waals surface area contributed by atoms with E-state index in [0.29, 0.717) is 12.5 Å². The molecule has 0 amide bonds. The van der Waals surface area contributed by atoms with Gasteiger partial charge in [-0.25, -0.2) is 9.97 Å². The van der Waals surface area contributed by atoms with Crippen molar-refractivity contribution < 1.29 is 9.47 Å². The summed E-state index contributed by atoms with van der Waals surface area (Å²) in [6, 6.07) is 11.0. The Kier molecular flexibility index (Phi) is 4.24. The molecule has 1 spiro atoms. The molecule has 1 aliphatic carbocycles. The van der Waals surface area contributed by atoms with Crippen LogP contribution < -0.4 is 10.1 Å². The van der Waals surface area contributed by atoms with Crippen LogP contribution in [0.4, 0.5) is 5.82 Å². The Morgan fingerprint density at radius 1 is 1.16 bits per heavy atom. The Labute approximate surface area is 187 Å². The largest absolute Gasteiger partial charge is 0.491 e. The molecule has 166 valence electrons. The second kappa shape index (κ2) is 7.18. The van der Waals surface area contributed by atoms with Crippen molar-refractivity contribution >= 4 is 16.9 Å². The Bertz CT molecular complexity index is 1150. The molecule has 3 aromatic rings. The van der Waals surface area contributed by atoms with Crippen molar-refractivity contribution in [3.8, 4) is 5.75 Å². The van der Waals surface area contributed by atoms with Crippen molar-refractivity contribution in [2.75, 3.05) is 31.6 Å². The number of likely N-dealkylation sites (tertiary alicyclic amines) is 1. The SMILES string of the molecule is c1ccc2c(c1)OC[C@H](N1CC[C@@]3(CCCO3)C1)[C@H]2Nc1ncnc2[nH]c(C3CC3)cc12. The normalized spacial score (nSPS) is 30.0. The second-order valence-corrected chi connectivity index (χ2v) is 9.88. The lowest BCUT2D eigenvalue weighted by Gasteiger charge is -2.40. The lowest BCUT2D eigenvalue weighted by atomic mass is 9.94. The summed E-state index contributed by atoms with van der Waals surface area (Å²) in [7, 11) is 0. The van der Waals surface area contributed by atoms with Crippen molar-refractivity contribution in [3.63, 3.8) is 0 Å². The molecule has 5 heterocycles. The van der Waals surface area contributed by atoms with Crippen LogP contribution in [0.25, 0.3) is 11.0 Å². The maximum absolute atomic E-state index is 6.24. The van der Waals surface area contributed by atoms with Crippen molar-refractivity contribution in [2.45, 2.75) is 55.7 Å². The van der Waals surface area contributed by atoms with Gasteiger partial charge in [0, 0.05) is 31.0 Å². The van der Waals surface area contributed by atoms with E-state index in [1.165, 1.54) is 36.9 Å². The van der Waals surface area contributed by atoms with Gasteiger partial charge in [0.2, 0.25) is 0 Å². The molecule has 0 unspecified atom stereocenters. The van der Waals surface area contributed by atoms with Crippen LogP contribution >= 0.6 is 0 Å². The maximum atomic E-state index is 6.24. The highest BCUT2D eigenvalue weighted by atomic mass is 16.5. The third-order valence-corrected chi connectivity index (χ3v) is 7.80. The highest BCUT2D eigenvalue weighted by Crippen LogP contribution is 2.43. The molecule has 0 radical (unpaired) electrons. The molecule has 1 aromatic carbocycles. The number of anilines is 1. The van der Waals surface area contributed by atoms with Gasteiger partial charge in [-0.2, -0.15) is 0 Å². The van der Waals surface area contributed by atoms with Crippen molar-refractivity contribution in [1.29, 1.82) is 0 Å². The summed E-state index contributed by atoms with van der Waals surface area (Å²) in [5.41, 5.74) is 3.44. The highest BCUT2D eigenvalue weighted by molar-refractivity contribution is 5.88. The monoisotopic (exact) mass is 431 g/mol. The molecule has 7 nitrogen and oxygen atoms in total. The van der Waals surface area contributed by atoms with Gasteiger partial charge in [-0.05, 0) is 50.2 Å². The first-order valence-electron chi connectivity index (χ1n) is 12.0. The number of fused-ring (bicyclic) bond motifs is 2. The summed E-state index contributed by atoms with van der Waals surface area (Å²) in [6.07, 6.45) is 7.64. The van der Waals surface area contributed by atoms with E-state index in [-0.39, 0.29) is 17.7 Å². The fraction of sp³-hybridized carbons (Fsp3) is 0.520. The number of hydrogen-bond acceptors (Lipinski definition) is 6. The minimum Gasteiger partial charge on any atom is -0.491 e. The van der Waals surface area contributed by atoms with Crippen LogP contribution in [-0.2, 0) is 4.74 Å². The molecule has 32 heavy (non-hydrogen) atoms. The summed E-state index contributed by atoms with van der Waals surface area (Å²) >= 11 is 0.